The maximum atomic E-state index is 4.53. The Morgan fingerprint density at radius 2 is 1.62 bits per heavy atom. The van der Waals surface area contributed by atoms with Gasteiger partial charge in [0.2, 0.25) is 0 Å². The number of thiol groups is 1. The second-order valence-corrected chi connectivity index (χ2v) is 6.29. The first-order valence-corrected chi connectivity index (χ1v) is 8.02. The van der Waals surface area contributed by atoms with E-state index in [4.69, 9.17) is 0 Å². The fourth-order valence-electron chi connectivity index (χ4n) is 2.85. The lowest BCUT2D eigenvalue weighted by Gasteiger charge is -2.09. The molecule has 96 valence electrons. The molecular weight excluding hydrogens is 212 g/mol. The van der Waals surface area contributed by atoms with Crippen molar-refractivity contribution in [1.82, 2.24) is 0 Å². The van der Waals surface area contributed by atoms with Crippen LogP contribution in [0.15, 0.2) is 0 Å². The highest BCUT2D eigenvalue weighted by molar-refractivity contribution is 7.80. The van der Waals surface area contributed by atoms with Gasteiger partial charge in [-0.3, -0.25) is 0 Å². The number of unbranched alkanes of at least 4 members (excludes halogenated alkanes) is 4. The smallest absolute Gasteiger partial charge is 0.00141 e. The van der Waals surface area contributed by atoms with Gasteiger partial charge in [0.25, 0.3) is 0 Å². The molecule has 0 amide bonds. The van der Waals surface area contributed by atoms with Crippen LogP contribution in [0.2, 0.25) is 0 Å². The molecule has 0 aromatic carbocycles. The molecule has 0 N–H and O–H groups in total. The van der Waals surface area contributed by atoms with Crippen LogP contribution in [-0.2, 0) is 0 Å². The fourth-order valence-corrected chi connectivity index (χ4v) is 3.03. The Kier molecular flexibility index (Phi) is 8.46. The van der Waals surface area contributed by atoms with Gasteiger partial charge >= 0.3 is 0 Å². The summed E-state index contributed by atoms with van der Waals surface area (Å²) in [5.74, 6) is 1.10. The van der Waals surface area contributed by atoms with Crippen LogP contribution in [-0.4, -0.2) is 5.25 Å². The molecule has 1 heteroatoms. The van der Waals surface area contributed by atoms with Gasteiger partial charge in [0.05, 0.1) is 0 Å². The van der Waals surface area contributed by atoms with Crippen LogP contribution in [0, 0.1) is 5.92 Å². The van der Waals surface area contributed by atoms with Crippen molar-refractivity contribution in [2.75, 3.05) is 0 Å². The van der Waals surface area contributed by atoms with E-state index < -0.39 is 0 Å². The molecule has 0 nitrogen and oxygen atoms in total. The van der Waals surface area contributed by atoms with Crippen molar-refractivity contribution in [3.05, 3.63) is 0 Å². The van der Waals surface area contributed by atoms with Crippen LogP contribution in [0.4, 0.5) is 0 Å². The van der Waals surface area contributed by atoms with Gasteiger partial charge in [0.15, 0.2) is 0 Å². The molecule has 16 heavy (non-hydrogen) atoms. The van der Waals surface area contributed by atoms with E-state index in [1.165, 1.54) is 77.0 Å². The lowest BCUT2D eigenvalue weighted by atomic mass is 9.99. The highest BCUT2D eigenvalue weighted by Gasteiger charge is 2.13. The molecule has 1 rings (SSSR count). The molecule has 0 aromatic heterocycles. The summed E-state index contributed by atoms with van der Waals surface area (Å²) < 4.78 is 0. The maximum Gasteiger partial charge on any atom is 0.00141 e. The Morgan fingerprint density at radius 3 is 2.31 bits per heavy atom. The quantitative estimate of drug-likeness (QED) is 0.394. The van der Waals surface area contributed by atoms with Gasteiger partial charge in [0, 0.05) is 5.25 Å². The number of hydrogen-bond donors (Lipinski definition) is 1. The minimum Gasteiger partial charge on any atom is -0.176 e. The van der Waals surface area contributed by atoms with Gasteiger partial charge < -0.3 is 0 Å². The summed E-state index contributed by atoms with van der Waals surface area (Å²) in [6.07, 6.45) is 17.4. The molecule has 1 saturated carbocycles. The molecule has 1 fully saturated rings. The fraction of sp³-hybridized carbons (Fsp3) is 1.00. The second-order valence-electron chi connectivity index (χ2n) is 5.56. The molecule has 0 spiro atoms. The summed E-state index contributed by atoms with van der Waals surface area (Å²) in [7, 11) is 0. The molecule has 0 saturated heterocycles. The third-order valence-electron chi connectivity index (χ3n) is 4.10. The molecular formula is C15H30S. The zero-order chi connectivity index (χ0) is 11.6. The Balaban J connectivity index is 1.77. The molecule has 0 radical (unpaired) electrons. The number of hydrogen-bond acceptors (Lipinski definition) is 1. The molecule has 0 aromatic rings. The lowest BCUT2D eigenvalue weighted by Crippen LogP contribution is -1.95. The van der Waals surface area contributed by atoms with Crippen molar-refractivity contribution in [3.8, 4) is 0 Å². The minimum absolute atomic E-state index is 0.651. The van der Waals surface area contributed by atoms with Gasteiger partial charge in [-0.25, -0.2) is 0 Å². The highest BCUT2D eigenvalue weighted by atomic mass is 32.1. The average Bonchev–Trinajstić information content (AvgIpc) is 2.80. The van der Waals surface area contributed by atoms with Gasteiger partial charge in [-0.2, -0.15) is 12.6 Å². The van der Waals surface area contributed by atoms with Crippen molar-refractivity contribution in [2.45, 2.75) is 89.2 Å². The first-order chi connectivity index (χ1) is 7.83. The maximum absolute atomic E-state index is 4.53. The first kappa shape index (κ1) is 14.4. The third kappa shape index (κ3) is 6.83. The highest BCUT2D eigenvalue weighted by Crippen LogP contribution is 2.29. The van der Waals surface area contributed by atoms with E-state index in [2.05, 4.69) is 19.6 Å². The second kappa shape index (κ2) is 9.39. The van der Waals surface area contributed by atoms with Crippen LogP contribution < -0.4 is 0 Å². The summed E-state index contributed by atoms with van der Waals surface area (Å²) in [5.41, 5.74) is 0. The van der Waals surface area contributed by atoms with Crippen molar-refractivity contribution in [3.63, 3.8) is 0 Å². The van der Waals surface area contributed by atoms with Crippen LogP contribution in [0.5, 0.6) is 0 Å². The molecule has 1 atom stereocenters. The van der Waals surface area contributed by atoms with Crippen molar-refractivity contribution < 1.29 is 0 Å². The molecule has 0 heterocycles. The minimum atomic E-state index is 0.651. The molecule has 0 bridgehead atoms. The zero-order valence-electron chi connectivity index (χ0n) is 11.1. The predicted molar refractivity (Wildman–Crippen MR) is 77.3 cm³/mol. The van der Waals surface area contributed by atoms with E-state index in [9.17, 15) is 0 Å². The van der Waals surface area contributed by atoms with Gasteiger partial charge in [-0.1, -0.05) is 71.1 Å². The Morgan fingerprint density at radius 1 is 1.00 bits per heavy atom. The molecule has 1 aliphatic carbocycles. The topological polar surface area (TPSA) is 0 Å². The van der Waals surface area contributed by atoms with E-state index in [1.807, 2.05) is 0 Å². The summed E-state index contributed by atoms with van der Waals surface area (Å²) >= 11 is 4.53. The molecule has 1 aliphatic rings. The van der Waals surface area contributed by atoms with Crippen molar-refractivity contribution >= 4 is 12.6 Å². The Bertz CT molecular complexity index is 150. The third-order valence-corrected chi connectivity index (χ3v) is 4.72. The first-order valence-electron chi connectivity index (χ1n) is 7.51. The zero-order valence-corrected chi connectivity index (χ0v) is 12.0. The average molecular weight is 242 g/mol. The Hall–Kier alpha value is 0.350. The van der Waals surface area contributed by atoms with Crippen LogP contribution in [0.1, 0.15) is 84.0 Å². The summed E-state index contributed by atoms with van der Waals surface area (Å²) in [6, 6.07) is 0. The number of rotatable bonds is 9. The van der Waals surface area contributed by atoms with Crippen molar-refractivity contribution in [1.29, 1.82) is 0 Å². The van der Waals surface area contributed by atoms with Gasteiger partial charge in [0.1, 0.15) is 0 Å². The van der Waals surface area contributed by atoms with E-state index in [-0.39, 0.29) is 0 Å². The van der Waals surface area contributed by atoms with E-state index in [0.29, 0.717) is 5.25 Å². The monoisotopic (exact) mass is 242 g/mol. The van der Waals surface area contributed by atoms with E-state index >= 15 is 0 Å². The van der Waals surface area contributed by atoms with Gasteiger partial charge in [-0.05, 0) is 18.8 Å². The largest absolute Gasteiger partial charge is 0.176 e. The molecule has 1 unspecified atom stereocenters. The summed E-state index contributed by atoms with van der Waals surface area (Å²) in [4.78, 5) is 0. The standard InChI is InChI=1S/C15H30S/c1-2-15(16)13-7-5-3-4-6-10-14-11-8-9-12-14/h14-16H,2-13H2,1H3. The normalized spacial score (nSPS) is 19.1. The SMILES string of the molecule is CCC(S)CCCCCCCC1CCCC1. The van der Waals surface area contributed by atoms with E-state index in [1.54, 1.807) is 0 Å². The van der Waals surface area contributed by atoms with Crippen molar-refractivity contribution in [2.24, 2.45) is 5.92 Å². The van der Waals surface area contributed by atoms with E-state index in [0.717, 1.165) is 5.92 Å². The Labute approximate surface area is 108 Å². The predicted octanol–water partition coefficient (Wildman–Crippen LogP) is 5.62. The van der Waals surface area contributed by atoms with Crippen LogP contribution >= 0.6 is 12.6 Å². The lowest BCUT2D eigenvalue weighted by molar-refractivity contribution is 0.461. The molecule has 0 aliphatic heterocycles. The van der Waals surface area contributed by atoms with Crippen LogP contribution in [0.3, 0.4) is 0 Å². The summed E-state index contributed by atoms with van der Waals surface area (Å²) in [6.45, 7) is 2.24. The van der Waals surface area contributed by atoms with Crippen LogP contribution in [0.25, 0.3) is 0 Å². The van der Waals surface area contributed by atoms with Gasteiger partial charge in [-0.15, -0.1) is 0 Å². The summed E-state index contributed by atoms with van der Waals surface area (Å²) in [5, 5.41) is 0.651.